The molecular formula is C52H44F2O11S4. The molecule has 0 spiro atoms. The number of benzene rings is 7. The maximum Gasteiger partial charge on any atom is 0.428 e. The summed E-state index contributed by atoms with van der Waals surface area (Å²) in [5, 5.41) is 13.1. The fourth-order valence-electron chi connectivity index (χ4n) is 8.14. The lowest BCUT2D eigenvalue weighted by Crippen LogP contribution is -2.45. The van der Waals surface area contributed by atoms with Crippen LogP contribution in [0.15, 0.2) is 236 Å². The summed E-state index contributed by atoms with van der Waals surface area (Å²) < 4.78 is 89.6. The van der Waals surface area contributed by atoms with E-state index in [-0.39, 0.29) is 33.8 Å². The average molecular weight is 1010 g/mol. The first-order valence-corrected chi connectivity index (χ1v) is 26.6. The van der Waals surface area contributed by atoms with Crippen molar-refractivity contribution in [2.24, 2.45) is 11.8 Å². The van der Waals surface area contributed by atoms with E-state index in [4.69, 9.17) is 9.29 Å². The lowest BCUT2D eigenvalue weighted by atomic mass is 9.94. The topological polar surface area (TPSA) is 187 Å². The summed E-state index contributed by atoms with van der Waals surface area (Å²) in [5.74, 6) is -5.09. The number of carboxylic acids is 1. The average Bonchev–Trinajstić information content (AvgIpc) is 3.99. The molecule has 0 amide bonds. The number of carbonyl (C=O) groups excluding carboxylic acids is 1. The van der Waals surface area contributed by atoms with Crippen LogP contribution in [0.1, 0.15) is 23.2 Å². The summed E-state index contributed by atoms with van der Waals surface area (Å²) in [6.45, 7) is 0. The fraction of sp³-hybridized carbons (Fsp3) is 0.154. The van der Waals surface area contributed by atoms with Crippen LogP contribution in [-0.4, -0.2) is 61.1 Å². The minimum atomic E-state index is -6.21. The molecule has 1 N–H and O–H groups in total. The van der Waals surface area contributed by atoms with Crippen molar-refractivity contribution in [1.29, 1.82) is 0 Å². The SMILES string of the molecule is O=C(O)c1ccccc1[O-].O=C(OC1C2CC3C1OS(=O)(=O)C3C2)C(F)(F)S(=O)(=O)[O-].c1ccc([S+](c2ccccc2)c2ccccc2)cc1.c1ccc([S+](c2ccccc2)c2ccccc2)cc1. The van der Waals surface area contributed by atoms with Gasteiger partial charge in [-0.25, -0.2) is 18.0 Å². The molecule has 7 aromatic carbocycles. The number of hydrogen-bond donors (Lipinski definition) is 1. The van der Waals surface area contributed by atoms with E-state index >= 15 is 0 Å². The minimum absolute atomic E-state index is 0.0146. The largest absolute Gasteiger partial charge is 0.872 e. The monoisotopic (exact) mass is 1010 g/mol. The van der Waals surface area contributed by atoms with Gasteiger partial charge in [0.15, 0.2) is 39.5 Å². The molecule has 3 aliphatic rings. The van der Waals surface area contributed by atoms with Gasteiger partial charge in [-0.05, 0) is 91.7 Å². The van der Waals surface area contributed by atoms with Gasteiger partial charge in [0.2, 0.25) is 0 Å². The molecule has 0 aromatic heterocycles. The van der Waals surface area contributed by atoms with E-state index in [9.17, 15) is 44.9 Å². The van der Waals surface area contributed by atoms with E-state index in [1.54, 1.807) is 0 Å². The molecule has 356 valence electrons. The second-order valence-electron chi connectivity index (χ2n) is 15.6. The van der Waals surface area contributed by atoms with Crippen molar-refractivity contribution in [1.82, 2.24) is 0 Å². The normalized spacial score (nSPS) is 19.5. The Balaban J connectivity index is 0.000000140. The maximum atomic E-state index is 13.1. The van der Waals surface area contributed by atoms with Gasteiger partial charge in [0.25, 0.3) is 10.1 Å². The number of carbonyl (C=O) groups is 2. The van der Waals surface area contributed by atoms with Crippen LogP contribution >= 0.6 is 0 Å². The van der Waals surface area contributed by atoms with Gasteiger partial charge >= 0.3 is 17.2 Å². The highest BCUT2D eigenvalue weighted by Crippen LogP contribution is 2.55. The zero-order valence-corrected chi connectivity index (χ0v) is 39.6. The number of rotatable bonds is 10. The van der Waals surface area contributed by atoms with Crippen molar-refractivity contribution in [2.75, 3.05) is 0 Å². The second-order valence-corrected chi connectivity index (χ2v) is 22.9. The molecule has 10 rings (SSSR count). The summed E-state index contributed by atoms with van der Waals surface area (Å²) in [4.78, 5) is 29.6. The van der Waals surface area contributed by atoms with Crippen molar-refractivity contribution >= 4 is 54.0 Å². The van der Waals surface area contributed by atoms with Crippen LogP contribution in [0.25, 0.3) is 0 Å². The molecule has 7 aromatic rings. The summed E-state index contributed by atoms with van der Waals surface area (Å²) >= 11 is 0. The number of para-hydroxylation sites is 1. The maximum absolute atomic E-state index is 13.1. The molecule has 3 fully saturated rings. The smallest absolute Gasteiger partial charge is 0.428 e. The van der Waals surface area contributed by atoms with Crippen LogP contribution in [0.5, 0.6) is 5.75 Å². The molecular weight excluding hydrogens is 967 g/mol. The highest BCUT2D eigenvalue weighted by molar-refractivity contribution is 7.97. The zero-order valence-electron chi connectivity index (χ0n) is 36.3. The highest BCUT2D eigenvalue weighted by Gasteiger charge is 2.66. The van der Waals surface area contributed by atoms with Crippen molar-refractivity contribution in [3.63, 3.8) is 0 Å². The van der Waals surface area contributed by atoms with Gasteiger partial charge in [0, 0.05) is 11.8 Å². The van der Waals surface area contributed by atoms with E-state index in [1.807, 2.05) is 0 Å². The predicted octanol–water partition coefficient (Wildman–Crippen LogP) is 9.20. The van der Waals surface area contributed by atoms with Gasteiger partial charge in [-0.15, -0.1) is 0 Å². The third kappa shape index (κ3) is 12.1. The van der Waals surface area contributed by atoms with E-state index < -0.39 is 72.5 Å². The third-order valence-electron chi connectivity index (χ3n) is 11.2. The van der Waals surface area contributed by atoms with E-state index in [0.717, 1.165) is 0 Å². The Hall–Kier alpha value is -6.34. The Morgan fingerprint density at radius 3 is 1.23 bits per heavy atom. The summed E-state index contributed by atoms with van der Waals surface area (Å²) in [6, 6.07) is 69.8. The molecule has 2 saturated carbocycles. The fourth-order valence-corrected chi connectivity index (χ4v) is 14.5. The zero-order chi connectivity index (χ0) is 49.2. The molecule has 2 bridgehead atoms. The Kier molecular flexibility index (Phi) is 16.4. The van der Waals surface area contributed by atoms with Crippen molar-refractivity contribution < 1.29 is 58.9 Å². The van der Waals surface area contributed by atoms with Crippen molar-refractivity contribution in [3.05, 3.63) is 212 Å². The van der Waals surface area contributed by atoms with Crippen LogP contribution in [0.2, 0.25) is 0 Å². The van der Waals surface area contributed by atoms with Crippen LogP contribution in [-0.2, 0) is 55.7 Å². The highest BCUT2D eigenvalue weighted by atomic mass is 32.2. The molecule has 0 radical (unpaired) electrons. The number of ether oxygens (including phenoxy) is 1. The van der Waals surface area contributed by atoms with Crippen LogP contribution < -0.4 is 5.11 Å². The third-order valence-corrected chi connectivity index (χ3v) is 18.2. The predicted molar refractivity (Wildman–Crippen MR) is 254 cm³/mol. The van der Waals surface area contributed by atoms with Crippen LogP contribution in [0.3, 0.4) is 0 Å². The number of esters is 1. The minimum Gasteiger partial charge on any atom is -0.872 e. The molecule has 11 nitrogen and oxygen atoms in total. The number of hydrogen-bond acceptors (Lipinski definition) is 10. The second kappa shape index (κ2) is 22.4. The first kappa shape index (κ1) is 50.5. The molecule has 2 aliphatic carbocycles. The van der Waals surface area contributed by atoms with Gasteiger partial charge in [-0.3, -0.25) is 4.18 Å². The van der Waals surface area contributed by atoms with Gasteiger partial charge in [0.05, 0.1) is 32.6 Å². The Labute approximate surface area is 405 Å². The Bertz CT molecular complexity index is 2710. The van der Waals surface area contributed by atoms with E-state index in [1.165, 1.54) is 53.6 Å². The Morgan fingerprint density at radius 2 is 0.928 bits per heavy atom. The lowest BCUT2D eigenvalue weighted by molar-refractivity contribution is -0.268. The number of fused-ring (bicyclic) bond motifs is 1. The van der Waals surface area contributed by atoms with Crippen molar-refractivity contribution in [3.8, 4) is 5.75 Å². The first-order chi connectivity index (χ1) is 33.1. The molecule has 1 saturated heterocycles. The quantitative estimate of drug-likeness (QED) is 0.0596. The molecule has 5 atom stereocenters. The first-order valence-electron chi connectivity index (χ1n) is 21.3. The number of halogens is 2. The molecule has 17 heteroatoms. The molecule has 69 heavy (non-hydrogen) atoms. The standard InChI is InChI=1S/2C18H15S.C9H10F2O8S2.C7H6O3/c2*1-4-10-16(11-5-1)19(17-12-6-2-7-13-17)18-14-8-3-9-15-18;10-9(11,21(15,16)17)8(12)18-6-3-1-4-5(2-3)20(13,14)19-7(4)6;8-6-4-2-1-3-5(6)7(9)10/h2*1-15H;3-7H,1-2H2,(H,15,16,17);1-4,8H,(H,9,10)/q2*+1;;/p-2. The van der Waals surface area contributed by atoms with Gasteiger partial charge in [-0.1, -0.05) is 133 Å². The van der Waals surface area contributed by atoms with Crippen LogP contribution in [0.4, 0.5) is 8.78 Å². The summed E-state index contributed by atoms with van der Waals surface area (Å²) in [6.07, 6.45) is -1.96. The van der Waals surface area contributed by atoms with E-state index in [0.29, 0.717) is 6.42 Å². The summed E-state index contributed by atoms with van der Waals surface area (Å²) in [7, 11) is -10.1. The number of alkyl halides is 2. The number of carboxylic acid groups (broad SMARTS) is 1. The molecule has 1 aliphatic heterocycles. The Morgan fingerprint density at radius 1 is 0.594 bits per heavy atom. The molecule has 5 unspecified atom stereocenters. The van der Waals surface area contributed by atoms with E-state index in [2.05, 4.69) is 187 Å². The number of aromatic carboxylic acids is 1. The van der Waals surface area contributed by atoms with Gasteiger partial charge in [-0.2, -0.15) is 17.2 Å². The van der Waals surface area contributed by atoms with Gasteiger partial charge in [0.1, 0.15) is 12.2 Å². The van der Waals surface area contributed by atoms with Crippen LogP contribution in [0, 0.1) is 11.8 Å². The van der Waals surface area contributed by atoms with Crippen molar-refractivity contribution in [2.45, 2.75) is 64.9 Å². The summed E-state index contributed by atoms with van der Waals surface area (Å²) in [5.41, 5.74) is -0.178. The lowest BCUT2D eigenvalue weighted by Gasteiger charge is -2.27. The molecule has 1 heterocycles. The van der Waals surface area contributed by atoms with Gasteiger partial charge < -0.3 is 19.5 Å².